The smallest absolute Gasteiger partial charge is 0.137 e. The van der Waals surface area contributed by atoms with E-state index in [1.54, 1.807) is 0 Å². The van der Waals surface area contributed by atoms with Crippen molar-refractivity contribution in [2.75, 3.05) is 0 Å². The van der Waals surface area contributed by atoms with E-state index in [9.17, 15) is 8.78 Å². The number of benzene rings is 1. The van der Waals surface area contributed by atoms with Crippen LogP contribution in [0.4, 0.5) is 8.78 Å². The molecule has 1 aliphatic rings. The van der Waals surface area contributed by atoms with Crippen molar-refractivity contribution < 1.29 is 8.78 Å². The van der Waals surface area contributed by atoms with E-state index in [1.165, 1.54) is 12.1 Å². The Morgan fingerprint density at radius 2 is 1.89 bits per heavy atom. The molecule has 2 N–H and O–H groups in total. The van der Waals surface area contributed by atoms with Crippen LogP contribution in [0.15, 0.2) is 16.6 Å². The van der Waals surface area contributed by atoms with Gasteiger partial charge < -0.3 is 5.73 Å². The molecule has 1 unspecified atom stereocenters. The van der Waals surface area contributed by atoms with Crippen LogP contribution in [0, 0.1) is 17.0 Å². The van der Waals surface area contributed by atoms with E-state index in [0.717, 1.165) is 32.1 Å². The first kappa shape index (κ1) is 13.9. The van der Waals surface area contributed by atoms with Crippen molar-refractivity contribution in [3.8, 4) is 0 Å². The zero-order chi connectivity index (χ0) is 13.3. The second-order valence-electron chi connectivity index (χ2n) is 5.19. The van der Waals surface area contributed by atoms with Crippen LogP contribution in [0.5, 0.6) is 0 Å². The molecule has 1 aliphatic carbocycles. The van der Waals surface area contributed by atoms with E-state index in [-0.39, 0.29) is 9.89 Å². The van der Waals surface area contributed by atoms with Crippen LogP contribution < -0.4 is 5.73 Å². The van der Waals surface area contributed by atoms with Crippen LogP contribution in [0.1, 0.15) is 50.6 Å². The lowest BCUT2D eigenvalue weighted by Crippen LogP contribution is -2.32. The van der Waals surface area contributed by atoms with Gasteiger partial charge >= 0.3 is 0 Å². The fourth-order valence-corrected chi connectivity index (χ4v) is 3.39. The summed E-state index contributed by atoms with van der Waals surface area (Å²) in [5.74, 6) is -0.874. The lowest BCUT2D eigenvalue weighted by Gasteiger charge is -2.35. The van der Waals surface area contributed by atoms with Gasteiger partial charge in [-0.1, -0.05) is 19.8 Å². The van der Waals surface area contributed by atoms with Crippen molar-refractivity contribution in [3.05, 3.63) is 33.8 Å². The summed E-state index contributed by atoms with van der Waals surface area (Å²) in [6, 6.07) is 1.98. The molecule has 0 amide bonds. The highest BCUT2D eigenvalue weighted by Gasteiger charge is 2.39. The number of hydrogen-bond acceptors (Lipinski definition) is 1. The normalized spacial score (nSPS) is 20.1. The Balaban J connectivity index is 2.39. The molecule has 1 aromatic rings. The van der Waals surface area contributed by atoms with Crippen molar-refractivity contribution in [1.29, 1.82) is 0 Å². The summed E-state index contributed by atoms with van der Waals surface area (Å²) in [6.45, 7) is 2.08. The lowest BCUT2D eigenvalue weighted by molar-refractivity contribution is 0.218. The fourth-order valence-electron chi connectivity index (χ4n) is 3.07. The minimum absolute atomic E-state index is 0.0683. The van der Waals surface area contributed by atoms with E-state index >= 15 is 0 Å². The van der Waals surface area contributed by atoms with E-state index in [4.69, 9.17) is 5.73 Å². The maximum absolute atomic E-state index is 14.0. The first-order valence-electron chi connectivity index (χ1n) is 6.40. The maximum Gasteiger partial charge on any atom is 0.137 e. The van der Waals surface area contributed by atoms with E-state index < -0.39 is 17.7 Å². The van der Waals surface area contributed by atoms with Crippen LogP contribution in [-0.2, 0) is 0 Å². The Labute approximate surface area is 115 Å². The molecule has 0 radical (unpaired) electrons. The molecule has 0 heterocycles. The topological polar surface area (TPSA) is 26.0 Å². The quantitative estimate of drug-likeness (QED) is 0.803. The molecule has 2 rings (SSSR count). The second-order valence-corrected chi connectivity index (χ2v) is 6.04. The highest BCUT2D eigenvalue weighted by molar-refractivity contribution is 9.10. The Morgan fingerprint density at radius 1 is 1.28 bits per heavy atom. The maximum atomic E-state index is 14.0. The fraction of sp³-hybridized carbons (Fsp3) is 0.571. The summed E-state index contributed by atoms with van der Waals surface area (Å²) in [7, 11) is 0. The van der Waals surface area contributed by atoms with Crippen LogP contribution in [0.2, 0.25) is 0 Å². The summed E-state index contributed by atoms with van der Waals surface area (Å²) in [4.78, 5) is 0. The molecule has 1 fully saturated rings. The van der Waals surface area contributed by atoms with Gasteiger partial charge in [0.1, 0.15) is 11.6 Å². The van der Waals surface area contributed by atoms with Gasteiger partial charge in [0.2, 0.25) is 0 Å². The molecule has 1 nitrogen and oxygen atoms in total. The highest BCUT2D eigenvalue weighted by Crippen LogP contribution is 2.49. The van der Waals surface area contributed by atoms with Gasteiger partial charge in [0, 0.05) is 11.6 Å². The number of rotatable bonds is 3. The van der Waals surface area contributed by atoms with Crippen molar-refractivity contribution in [2.45, 2.75) is 45.1 Å². The third-order valence-corrected chi connectivity index (χ3v) is 4.95. The van der Waals surface area contributed by atoms with Gasteiger partial charge in [-0.05, 0) is 52.7 Å². The van der Waals surface area contributed by atoms with Crippen molar-refractivity contribution >= 4 is 15.9 Å². The minimum Gasteiger partial charge on any atom is -0.323 e. The van der Waals surface area contributed by atoms with Gasteiger partial charge in [0.15, 0.2) is 0 Å². The molecule has 1 atom stereocenters. The molecular formula is C14H18BrF2N. The van der Waals surface area contributed by atoms with Crippen LogP contribution in [-0.4, -0.2) is 0 Å². The Bertz CT molecular complexity index is 442. The zero-order valence-electron chi connectivity index (χ0n) is 10.5. The predicted molar refractivity (Wildman–Crippen MR) is 72.2 cm³/mol. The third-order valence-electron chi connectivity index (χ3n) is 4.34. The van der Waals surface area contributed by atoms with Crippen LogP contribution in [0.3, 0.4) is 0 Å². The van der Waals surface area contributed by atoms with E-state index in [2.05, 4.69) is 22.9 Å². The average molecular weight is 318 g/mol. The summed E-state index contributed by atoms with van der Waals surface area (Å²) in [6.07, 6.45) is 5.17. The van der Waals surface area contributed by atoms with Crippen molar-refractivity contribution in [3.63, 3.8) is 0 Å². The predicted octanol–water partition coefficient (Wildman–Crippen LogP) is 4.70. The van der Waals surface area contributed by atoms with Crippen molar-refractivity contribution in [1.82, 2.24) is 0 Å². The van der Waals surface area contributed by atoms with Crippen molar-refractivity contribution in [2.24, 2.45) is 11.1 Å². The number of halogens is 3. The summed E-state index contributed by atoms with van der Waals surface area (Å²) >= 11 is 2.99. The van der Waals surface area contributed by atoms with Gasteiger partial charge in [-0.3, -0.25) is 0 Å². The first-order chi connectivity index (χ1) is 8.50. The van der Waals surface area contributed by atoms with E-state index in [0.29, 0.717) is 5.56 Å². The molecule has 0 aromatic heterocycles. The van der Waals surface area contributed by atoms with Gasteiger partial charge in [-0.25, -0.2) is 8.78 Å². The van der Waals surface area contributed by atoms with Crippen LogP contribution >= 0.6 is 15.9 Å². The number of hydrogen-bond donors (Lipinski definition) is 1. The summed E-state index contributed by atoms with van der Waals surface area (Å²) in [5.41, 5.74) is 6.48. The molecule has 0 saturated heterocycles. The highest BCUT2D eigenvalue weighted by atomic mass is 79.9. The monoisotopic (exact) mass is 317 g/mol. The zero-order valence-corrected chi connectivity index (χ0v) is 12.1. The Morgan fingerprint density at radius 3 is 2.44 bits per heavy atom. The molecule has 18 heavy (non-hydrogen) atoms. The van der Waals surface area contributed by atoms with E-state index in [1.807, 2.05) is 0 Å². The molecular weight excluding hydrogens is 300 g/mol. The molecule has 0 spiro atoms. The van der Waals surface area contributed by atoms with Gasteiger partial charge in [-0.2, -0.15) is 0 Å². The standard InChI is InChI=1S/C14H18BrF2N/c1-2-14(5-3-4-6-14)13(18)9-7-12(17)10(15)8-11(9)16/h7-8,13H,2-6,18H2,1H3. The Kier molecular flexibility index (Phi) is 4.07. The van der Waals surface area contributed by atoms with Gasteiger partial charge in [-0.15, -0.1) is 0 Å². The molecule has 1 aromatic carbocycles. The SMILES string of the molecule is CCC1(C(N)c2cc(F)c(Br)cc2F)CCCC1. The summed E-state index contributed by atoms with van der Waals surface area (Å²) in [5, 5.41) is 0. The molecule has 4 heteroatoms. The van der Waals surface area contributed by atoms with Gasteiger partial charge in [0.25, 0.3) is 0 Å². The third kappa shape index (κ3) is 2.32. The Hall–Kier alpha value is -0.480. The second kappa shape index (κ2) is 5.25. The average Bonchev–Trinajstić information content (AvgIpc) is 2.83. The molecule has 100 valence electrons. The minimum atomic E-state index is -0.453. The van der Waals surface area contributed by atoms with Crippen LogP contribution in [0.25, 0.3) is 0 Å². The first-order valence-corrected chi connectivity index (χ1v) is 7.19. The lowest BCUT2D eigenvalue weighted by atomic mass is 9.74. The largest absolute Gasteiger partial charge is 0.323 e. The molecule has 1 saturated carbocycles. The molecule has 0 aliphatic heterocycles. The molecule has 0 bridgehead atoms. The summed E-state index contributed by atoms with van der Waals surface area (Å²) < 4.78 is 27.7. The number of nitrogens with two attached hydrogens (primary N) is 1. The van der Waals surface area contributed by atoms with Gasteiger partial charge in [0.05, 0.1) is 4.47 Å².